The lowest BCUT2D eigenvalue weighted by Crippen LogP contribution is -2.46. The Kier molecular flexibility index (Phi) is 3.89. The molecule has 102 valence electrons. The Balaban J connectivity index is 1.87. The summed E-state index contributed by atoms with van der Waals surface area (Å²) in [6.07, 6.45) is 0.520. The van der Waals surface area contributed by atoms with Crippen LogP contribution in [0.3, 0.4) is 0 Å². The molecule has 0 aromatic heterocycles. The number of nitrogens with one attached hydrogen (secondary N) is 2. The molecule has 19 heavy (non-hydrogen) atoms. The van der Waals surface area contributed by atoms with E-state index in [1.165, 1.54) is 4.90 Å². The number of likely N-dealkylation sites (tertiary alicyclic amines) is 1. The van der Waals surface area contributed by atoms with Crippen molar-refractivity contribution >= 4 is 11.9 Å². The molecule has 6 heteroatoms. The predicted octanol–water partition coefficient (Wildman–Crippen LogP) is 1.45. The molecule has 0 radical (unpaired) electrons. The van der Waals surface area contributed by atoms with Crippen LogP contribution in [0.1, 0.15) is 18.4 Å². The standard InChI is InChI=1S/C13H17N3O3/c14-12(9-1-3-11(17)4-2-9)15-10-5-7-16(8-6-10)13(18)19/h1-4,10,17H,5-8H2,(H2,14,15)(H,18,19). The summed E-state index contributed by atoms with van der Waals surface area (Å²) >= 11 is 0. The number of benzene rings is 1. The van der Waals surface area contributed by atoms with Crippen LogP contribution in [0.25, 0.3) is 0 Å². The second kappa shape index (κ2) is 5.60. The van der Waals surface area contributed by atoms with E-state index < -0.39 is 6.09 Å². The Bertz CT molecular complexity index is 465. The van der Waals surface area contributed by atoms with Gasteiger partial charge < -0.3 is 20.4 Å². The smallest absolute Gasteiger partial charge is 0.407 e. The van der Waals surface area contributed by atoms with Gasteiger partial charge in [-0.25, -0.2) is 4.79 Å². The van der Waals surface area contributed by atoms with Crippen molar-refractivity contribution in [2.24, 2.45) is 0 Å². The third-order valence-corrected chi connectivity index (χ3v) is 3.27. The highest BCUT2D eigenvalue weighted by Crippen LogP contribution is 2.13. The molecule has 0 spiro atoms. The van der Waals surface area contributed by atoms with E-state index in [2.05, 4.69) is 5.32 Å². The van der Waals surface area contributed by atoms with Crippen molar-refractivity contribution in [3.8, 4) is 5.75 Å². The van der Waals surface area contributed by atoms with Gasteiger partial charge in [-0.1, -0.05) is 0 Å². The average molecular weight is 263 g/mol. The van der Waals surface area contributed by atoms with Crippen molar-refractivity contribution < 1.29 is 15.0 Å². The summed E-state index contributed by atoms with van der Waals surface area (Å²) < 4.78 is 0. The number of carbonyl (C=O) groups is 1. The molecule has 1 aliphatic heterocycles. The number of nitrogens with zero attached hydrogens (tertiary/aromatic N) is 1. The number of carboxylic acid groups (broad SMARTS) is 1. The lowest BCUT2D eigenvalue weighted by atomic mass is 10.0. The highest BCUT2D eigenvalue weighted by atomic mass is 16.4. The molecule has 1 saturated heterocycles. The van der Waals surface area contributed by atoms with Gasteiger partial charge in [-0.05, 0) is 37.1 Å². The molecule has 1 aliphatic rings. The number of amidine groups is 1. The van der Waals surface area contributed by atoms with Crippen molar-refractivity contribution in [3.05, 3.63) is 29.8 Å². The number of hydrogen-bond acceptors (Lipinski definition) is 3. The van der Waals surface area contributed by atoms with E-state index in [-0.39, 0.29) is 11.8 Å². The Morgan fingerprint density at radius 1 is 1.26 bits per heavy atom. The summed E-state index contributed by atoms with van der Waals surface area (Å²) in [6.45, 7) is 0.992. The van der Waals surface area contributed by atoms with Crippen LogP contribution in [0.4, 0.5) is 4.79 Å². The maximum atomic E-state index is 10.8. The topological polar surface area (TPSA) is 96.7 Å². The van der Waals surface area contributed by atoms with Gasteiger partial charge in [0.05, 0.1) is 0 Å². The highest BCUT2D eigenvalue weighted by molar-refractivity contribution is 5.96. The molecule has 1 fully saturated rings. The fourth-order valence-corrected chi connectivity index (χ4v) is 2.13. The van der Waals surface area contributed by atoms with Crippen LogP contribution in [0.5, 0.6) is 5.75 Å². The van der Waals surface area contributed by atoms with Crippen LogP contribution in [-0.2, 0) is 0 Å². The number of phenols is 1. The van der Waals surface area contributed by atoms with Gasteiger partial charge in [-0.15, -0.1) is 0 Å². The number of hydrogen-bond donors (Lipinski definition) is 4. The normalized spacial score (nSPS) is 16.1. The first-order valence-corrected chi connectivity index (χ1v) is 6.18. The molecule has 0 atom stereocenters. The molecule has 0 aliphatic carbocycles. The monoisotopic (exact) mass is 263 g/mol. The summed E-state index contributed by atoms with van der Waals surface area (Å²) in [5, 5.41) is 29.1. The van der Waals surface area contributed by atoms with E-state index in [0.717, 1.165) is 0 Å². The van der Waals surface area contributed by atoms with E-state index >= 15 is 0 Å². The third kappa shape index (κ3) is 3.37. The largest absolute Gasteiger partial charge is 0.508 e. The van der Waals surface area contributed by atoms with Crippen molar-refractivity contribution in [1.29, 1.82) is 5.41 Å². The molecule has 1 aromatic carbocycles. The van der Waals surface area contributed by atoms with Gasteiger partial charge in [0.15, 0.2) is 0 Å². The second-order valence-electron chi connectivity index (χ2n) is 4.61. The van der Waals surface area contributed by atoms with Gasteiger partial charge >= 0.3 is 6.09 Å². The zero-order chi connectivity index (χ0) is 13.8. The molecule has 0 bridgehead atoms. The molecule has 1 heterocycles. The molecule has 6 nitrogen and oxygen atoms in total. The van der Waals surface area contributed by atoms with Gasteiger partial charge in [-0.2, -0.15) is 0 Å². The van der Waals surface area contributed by atoms with Gasteiger partial charge in [0.25, 0.3) is 0 Å². The Morgan fingerprint density at radius 3 is 2.37 bits per heavy atom. The fraction of sp³-hybridized carbons (Fsp3) is 0.385. The summed E-state index contributed by atoms with van der Waals surface area (Å²) in [7, 11) is 0. The third-order valence-electron chi connectivity index (χ3n) is 3.27. The van der Waals surface area contributed by atoms with Gasteiger partial charge in [0, 0.05) is 24.7 Å². The zero-order valence-electron chi connectivity index (χ0n) is 10.5. The summed E-state index contributed by atoms with van der Waals surface area (Å²) in [5.74, 6) is 0.472. The maximum absolute atomic E-state index is 10.8. The van der Waals surface area contributed by atoms with Gasteiger partial charge in [0.2, 0.25) is 0 Å². The minimum Gasteiger partial charge on any atom is -0.508 e. The Morgan fingerprint density at radius 2 is 1.84 bits per heavy atom. The zero-order valence-corrected chi connectivity index (χ0v) is 10.5. The summed E-state index contributed by atoms with van der Waals surface area (Å²) in [4.78, 5) is 12.2. The van der Waals surface area contributed by atoms with Crippen LogP contribution >= 0.6 is 0 Å². The first kappa shape index (κ1) is 13.2. The van der Waals surface area contributed by atoms with Gasteiger partial charge in [-0.3, -0.25) is 5.41 Å². The Hall–Kier alpha value is -2.24. The van der Waals surface area contributed by atoms with Gasteiger partial charge in [0.1, 0.15) is 11.6 Å². The number of piperidine rings is 1. The van der Waals surface area contributed by atoms with Crippen LogP contribution in [0.15, 0.2) is 24.3 Å². The van der Waals surface area contributed by atoms with Crippen LogP contribution in [0.2, 0.25) is 0 Å². The second-order valence-corrected chi connectivity index (χ2v) is 4.61. The van der Waals surface area contributed by atoms with Crippen LogP contribution < -0.4 is 5.32 Å². The number of amides is 1. The number of aromatic hydroxyl groups is 1. The van der Waals surface area contributed by atoms with E-state index in [9.17, 15) is 9.90 Å². The molecule has 4 N–H and O–H groups in total. The van der Waals surface area contributed by atoms with E-state index in [4.69, 9.17) is 10.5 Å². The molecular formula is C13H17N3O3. The first-order chi connectivity index (χ1) is 9.06. The SMILES string of the molecule is N=C(NC1CCN(C(=O)O)CC1)c1ccc(O)cc1. The van der Waals surface area contributed by atoms with Crippen molar-refractivity contribution in [2.75, 3.05) is 13.1 Å². The minimum atomic E-state index is -0.882. The quantitative estimate of drug-likeness (QED) is 0.479. The molecule has 0 unspecified atom stereocenters. The lowest BCUT2D eigenvalue weighted by Gasteiger charge is -2.31. The van der Waals surface area contributed by atoms with Crippen molar-refractivity contribution in [2.45, 2.75) is 18.9 Å². The van der Waals surface area contributed by atoms with Crippen LogP contribution in [-0.4, -0.2) is 46.2 Å². The summed E-state index contributed by atoms with van der Waals surface area (Å²) in [5.41, 5.74) is 0.707. The lowest BCUT2D eigenvalue weighted by molar-refractivity contribution is 0.131. The van der Waals surface area contributed by atoms with E-state index in [1.807, 2.05) is 0 Å². The predicted molar refractivity (Wildman–Crippen MR) is 70.7 cm³/mol. The first-order valence-electron chi connectivity index (χ1n) is 6.18. The highest BCUT2D eigenvalue weighted by Gasteiger charge is 2.22. The van der Waals surface area contributed by atoms with Crippen LogP contribution in [0, 0.1) is 5.41 Å². The van der Waals surface area contributed by atoms with Crippen molar-refractivity contribution in [1.82, 2.24) is 10.2 Å². The van der Waals surface area contributed by atoms with Crippen molar-refractivity contribution in [3.63, 3.8) is 0 Å². The molecule has 0 saturated carbocycles. The summed E-state index contributed by atoms with van der Waals surface area (Å²) in [6, 6.07) is 6.56. The molecular weight excluding hydrogens is 246 g/mol. The molecule has 1 amide bonds. The van der Waals surface area contributed by atoms with E-state index in [1.54, 1.807) is 24.3 Å². The molecule has 1 aromatic rings. The fourth-order valence-electron chi connectivity index (χ4n) is 2.13. The minimum absolute atomic E-state index is 0.122. The molecule has 2 rings (SSSR count). The van der Waals surface area contributed by atoms with E-state index in [0.29, 0.717) is 37.3 Å². The Labute approximate surface area is 111 Å². The number of phenolic OH excluding ortho intramolecular Hbond substituents is 1. The average Bonchev–Trinajstić information content (AvgIpc) is 2.40. The maximum Gasteiger partial charge on any atom is 0.407 e. The number of rotatable bonds is 2.